The van der Waals surface area contributed by atoms with Crippen LogP contribution in [0.1, 0.15) is 53.4 Å². The van der Waals surface area contributed by atoms with E-state index in [1.807, 2.05) is 27.7 Å². The molecular weight excluding hydrogens is 320 g/mol. The first-order chi connectivity index (χ1) is 9.66. The Morgan fingerprint density at radius 2 is 0.619 bits per heavy atom. The van der Waals surface area contributed by atoms with Crippen LogP contribution in [0.5, 0.6) is 0 Å². The Hall–Kier alpha value is 0.394. The minimum Gasteiger partial charge on any atom is -0.252 e. The van der Waals surface area contributed by atoms with Gasteiger partial charge in [0.15, 0.2) is 0 Å². The molecule has 0 aromatic carbocycles. The van der Waals surface area contributed by atoms with Crippen LogP contribution >= 0.6 is 0 Å². The van der Waals surface area contributed by atoms with Crippen LogP contribution in [0.25, 0.3) is 0 Å². The molecule has 0 rings (SSSR count). The fourth-order valence-electron chi connectivity index (χ4n) is 0.365. The molecule has 0 aromatic heterocycles. The van der Waals surface area contributed by atoms with E-state index in [1.165, 1.54) is 0 Å². The molecule has 0 unspecified atom stereocenters. The predicted molar refractivity (Wildman–Crippen MR) is 75.5 cm³/mol. The van der Waals surface area contributed by atoms with Crippen LogP contribution in [-0.2, 0) is 41.3 Å². The standard InChI is InChI=1S/4C3H8O2.Ti/c4*1-2-3-5-4;/h4*4H,2-3H2,1H3;. The van der Waals surface area contributed by atoms with E-state index in [1.54, 1.807) is 0 Å². The molecule has 0 saturated heterocycles. The third-order valence-electron chi connectivity index (χ3n) is 1.18. The predicted octanol–water partition coefficient (Wildman–Crippen LogP) is 3.54. The van der Waals surface area contributed by atoms with Crippen molar-refractivity contribution < 1.29 is 62.3 Å². The summed E-state index contributed by atoms with van der Waals surface area (Å²) in [5, 5.41) is 30.3. The van der Waals surface area contributed by atoms with Gasteiger partial charge in [-0.15, -0.1) is 0 Å². The first kappa shape index (κ1) is 33.1. The van der Waals surface area contributed by atoms with E-state index in [-0.39, 0.29) is 21.7 Å². The molecule has 0 fully saturated rings. The third kappa shape index (κ3) is 97.9. The Labute approximate surface area is 142 Å². The van der Waals surface area contributed by atoms with Crippen molar-refractivity contribution in [1.82, 2.24) is 0 Å². The topological polar surface area (TPSA) is 118 Å². The van der Waals surface area contributed by atoms with Crippen molar-refractivity contribution in [3.05, 3.63) is 0 Å². The normalized spacial score (nSPS) is 8.00. The molecule has 0 aliphatic heterocycles. The van der Waals surface area contributed by atoms with E-state index in [4.69, 9.17) is 21.0 Å². The van der Waals surface area contributed by atoms with Gasteiger partial charge in [-0.05, 0) is 25.7 Å². The van der Waals surface area contributed by atoms with Gasteiger partial charge in [0.05, 0.1) is 26.4 Å². The summed E-state index contributed by atoms with van der Waals surface area (Å²) in [5.41, 5.74) is 0. The molecule has 0 aliphatic carbocycles. The zero-order valence-electron chi connectivity index (χ0n) is 13.6. The van der Waals surface area contributed by atoms with Gasteiger partial charge in [0.1, 0.15) is 0 Å². The summed E-state index contributed by atoms with van der Waals surface area (Å²) in [6, 6.07) is 0. The van der Waals surface area contributed by atoms with Crippen LogP contribution in [-0.4, -0.2) is 47.5 Å². The number of rotatable bonds is 8. The molecule has 21 heavy (non-hydrogen) atoms. The second-order valence-corrected chi connectivity index (χ2v) is 3.33. The quantitative estimate of drug-likeness (QED) is 0.298. The van der Waals surface area contributed by atoms with Gasteiger partial charge in [0.2, 0.25) is 0 Å². The van der Waals surface area contributed by atoms with Gasteiger partial charge in [-0.2, -0.15) is 0 Å². The van der Waals surface area contributed by atoms with Crippen molar-refractivity contribution in [3.8, 4) is 0 Å². The van der Waals surface area contributed by atoms with Crippen molar-refractivity contribution in [2.75, 3.05) is 26.4 Å². The summed E-state index contributed by atoms with van der Waals surface area (Å²) in [7, 11) is 0. The van der Waals surface area contributed by atoms with Gasteiger partial charge >= 0.3 is 0 Å². The first-order valence-corrected chi connectivity index (χ1v) is 6.71. The summed E-state index contributed by atoms with van der Waals surface area (Å²) < 4.78 is 0. The van der Waals surface area contributed by atoms with Crippen molar-refractivity contribution in [1.29, 1.82) is 0 Å². The zero-order valence-corrected chi connectivity index (χ0v) is 15.1. The molecule has 0 spiro atoms. The molecule has 0 bridgehead atoms. The van der Waals surface area contributed by atoms with Crippen molar-refractivity contribution >= 4 is 0 Å². The fraction of sp³-hybridized carbons (Fsp3) is 1.00. The molecule has 0 saturated carbocycles. The Bertz CT molecular complexity index is 79.3. The fourth-order valence-corrected chi connectivity index (χ4v) is 0.365. The molecule has 0 amide bonds. The van der Waals surface area contributed by atoms with Crippen LogP contribution in [0.2, 0.25) is 0 Å². The monoisotopic (exact) mass is 352 g/mol. The second kappa shape index (κ2) is 49.9. The van der Waals surface area contributed by atoms with Crippen molar-refractivity contribution in [3.63, 3.8) is 0 Å². The molecule has 0 aromatic rings. The largest absolute Gasteiger partial charge is 0.252 e. The van der Waals surface area contributed by atoms with E-state index in [9.17, 15) is 0 Å². The number of hydrogen-bond acceptors (Lipinski definition) is 8. The van der Waals surface area contributed by atoms with Gasteiger partial charge < -0.3 is 0 Å². The van der Waals surface area contributed by atoms with E-state index in [0.29, 0.717) is 26.4 Å². The first-order valence-electron chi connectivity index (χ1n) is 6.71. The SMILES string of the molecule is CCCOO.CCCOO.CCCOO.CCCOO.[Ti]. The van der Waals surface area contributed by atoms with E-state index >= 15 is 0 Å². The van der Waals surface area contributed by atoms with Gasteiger partial charge in [-0.3, -0.25) is 21.0 Å². The van der Waals surface area contributed by atoms with Gasteiger partial charge in [0.25, 0.3) is 0 Å². The molecular formula is C12H32O8Ti. The minimum atomic E-state index is 0. The molecule has 0 heterocycles. The summed E-state index contributed by atoms with van der Waals surface area (Å²) in [6.45, 7) is 9.48. The Morgan fingerprint density at radius 1 is 0.476 bits per heavy atom. The van der Waals surface area contributed by atoms with Crippen molar-refractivity contribution in [2.45, 2.75) is 53.4 Å². The summed E-state index contributed by atoms with van der Waals surface area (Å²) in [6.07, 6.45) is 3.49. The molecule has 0 aliphatic rings. The average Bonchev–Trinajstić information content (AvgIpc) is 2.44. The van der Waals surface area contributed by atoms with Crippen LogP contribution in [0.3, 0.4) is 0 Å². The van der Waals surface area contributed by atoms with Crippen LogP contribution < -0.4 is 0 Å². The Balaban J connectivity index is -0.0000000533. The summed E-state index contributed by atoms with van der Waals surface area (Å²) >= 11 is 0. The van der Waals surface area contributed by atoms with E-state index in [2.05, 4.69) is 19.6 Å². The maximum Gasteiger partial charge on any atom is 0.0817 e. The molecule has 8 nitrogen and oxygen atoms in total. The summed E-state index contributed by atoms with van der Waals surface area (Å²) in [4.78, 5) is 14.8. The van der Waals surface area contributed by atoms with Gasteiger partial charge in [-0.1, -0.05) is 27.7 Å². The minimum absolute atomic E-state index is 0. The molecule has 0 atom stereocenters. The van der Waals surface area contributed by atoms with Gasteiger partial charge in [-0.25, -0.2) is 19.6 Å². The second-order valence-electron chi connectivity index (χ2n) is 3.33. The summed E-state index contributed by atoms with van der Waals surface area (Å²) in [5.74, 6) is 0. The van der Waals surface area contributed by atoms with Gasteiger partial charge in [0, 0.05) is 21.7 Å². The van der Waals surface area contributed by atoms with E-state index in [0.717, 1.165) is 25.7 Å². The Morgan fingerprint density at radius 3 is 0.619 bits per heavy atom. The molecule has 9 heteroatoms. The average molecular weight is 352 g/mol. The smallest absolute Gasteiger partial charge is 0.0817 e. The number of hydrogen-bond donors (Lipinski definition) is 4. The zero-order chi connectivity index (χ0) is 16.5. The molecule has 0 radical (unpaired) electrons. The maximum absolute atomic E-state index is 7.57. The molecule has 4 N–H and O–H groups in total. The van der Waals surface area contributed by atoms with Crippen LogP contribution in [0, 0.1) is 0 Å². The maximum atomic E-state index is 7.57. The third-order valence-corrected chi connectivity index (χ3v) is 1.18. The van der Waals surface area contributed by atoms with Crippen molar-refractivity contribution in [2.24, 2.45) is 0 Å². The van der Waals surface area contributed by atoms with Crippen LogP contribution in [0.15, 0.2) is 0 Å². The molecule has 132 valence electrons. The van der Waals surface area contributed by atoms with E-state index < -0.39 is 0 Å². The van der Waals surface area contributed by atoms with Crippen LogP contribution in [0.4, 0.5) is 0 Å². The Kier molecular flexibility index (Phi) is 78.7.